The Hall–Kier alpha value is -2.86. The first kappa shape index (κ1) is 17.0. The first-order valence-electron chi connectivity index (χ1n) is 7.55. The van der Waals surface area contributed by atoms with Crippen LogP contribution in [-0.4, -0.2) is 36.1 Å². The minimum Gasteiger partial charge on any atom is -0.422 e. The fourth-order valence-corrected chi connectivity index (χ4v) is 2.48. The molecule has 1 N–H and O–H groups in total. The zero-order valence-corrected chi connectivity index (χ0v) is 13.0. The van der Waals surface area contributed by atoms with Crippen LogP contribution in [0.1, 0.15) is 11.3 Å². The zero-order valence-electron chi connectivity index (χ0n) is 13.0. The molecule has 0 saturated carbocycles. The molecular weight excluding hydrogens is 335 g/mol. The smallest absolute Gasteiger partial charge is 0.422 e. The third-order valence-electron chi connectivity index (χ3n) is 3.67. The first-order valence-corrected chi connectivity index (χ1v) is 7.55. The molecule has 0 atom stereocenters. The molecule has 0 aliphatic carbocycles. The molecule has 9 heteroatoms. The number of aromatic nitrogens is 2. The molecule has 1 saturated heterocycles. The van der Waals surface area contributed by atoms with Crippen molar-refractivity contribution in [3.63, 3.8) is 0 Å². The van der Waals surface area contributed by atoms with Crippen molar-refractivity contribution in [2.45, 2.75) is 6.18 Å². The van der Waals surface area contributed by atoms with Crippen molar-refractivity contribution in [3.8, 4) is 17.8 Å². The number of alkyl halides is 3. The largest absolute Gasteiger partial charge is 0.433 e. The summed E-state index contributed by atoms with van der Waals surface area (Å²) in [6.07, 6.45) is -3.60. The van der Waals surface area contributed by atoms with E-state index in [-0.39, 0.29) is 5.75 Å². The molecule has 1 aliphatic heterocycles. The normalized spacial score (nSPS) is 14.9. The van der Waals surface area contributed by atoms with Crippen LogP contribution < -0.4 is 15.0 Å². The Bertz CT molecular complexity index is 797. The van der Waals surface area contributed by atoms with E-state index in [1.807, 2.05) is 11.0 Å². The summed E-state index contributed by atoms with van der Waals surface area (Å²) in [5, 5.41) is 12.3. The summed E-state index contributed by atoms with van der Waals surface area (Å²) in [5.41, 5.74) is -0.0694. The van der Waals surface area contributed by atoms with E-state index in [9.17, 15) is 13.2 Å². The number of nitrogens with one attached hydrogen (secondary N) is 1. The van der Waals surface area contributed by atoms with Gasteiger partial charge < -0.3 is 15.0 Å². The van der Waals surface area contributed by atoms with E-state index in [1.54, 1.807) is 12.1 Å². The predicted molar refractivity (Wildman–Crippen MR) is 83.3 cm³/mol. The van der Waals surface area contributed by atoms with E-state index in [0.29, 0.717) is 24.3 Å². The van der Waals surface area contributed by atoms with E-state index < -0.39 is 17.9 Å². The van der Waals surface area contributed by atoms with Crippen LogP contribution in [-0.2, 0) is 6.18 Å². The fourth-order valence-electron chi connectivity index (χ4n) is 2.48. The molecule has 1 fully saturated rings. The lowest BCUT2D eigenvalue weighted by Crippen LogP contribution is -2.43. The van der Waals surface area contributed by atoms with Crippen LogP contribution in [0.15, 0.2) is 30.5 Å². The molecule has 0 unspecified atom stereocenters. The molecule has 0 radical (unpaired) electrons. The molecule has 1 aromatic carbocycles. The number of anilines is 1. The quantitative estimate of drug-likeness (QED) is 0.918. The highest BCUT2D eigenvalue weighted by Gasteiger charge is 2.33. The molecule has 2 heterocycles. The maximum absolute atomic E-state index is 12.8. The minimum atomic E-state index is -4.59. The number of nitriles is 1. The summed E-state index contributed by atoms with van der Waals surface area (Å²) >= 11 is 0. The average molecular weight is 349 g/mol. The standard InChI is InChI=1S/C16H14F3N5O/c17-16(18,19)14-3-4-22-15(23-14)25-13-9-11(10-20)1-2-12(13)24-7-5-21-6-8-24/h1-4,9,21H,5-8H2. The van der Waals surface area contributed by atoms with Gasteiger partial charge in [-0.05, 0) is 18.2 Å². The average Bonchev–Trinajstić information content (AvgIpc) is 2.62. The summed E-state index contributed by atoms with van der Waals surface area (Å²) in [4.78, 5) is 9.18. The van der Waals surface area contributed by atoms with Gasteiger partial charge in [-0.1, -0.05) is 0 Å². The lowest BCUT2D eigenvalue weighted by Gasteiger charge is -2.30. The van der Waals surface area contributed by atoms with E-state index in [0.717, 1.165) is 25.4 Å². The Labute approximate surface area is 141 Å². The van der Waals surface area contributed by atoms with Gasteiger partial charge in [-0.15, -0.1) is 0 Å². The third kappa shape index (κ3) is 3.97. The van der Waals surface area contributed by atoms with Gasteiger partial charge in [0, 0.05) is 38.4 Å². The summed E-state index contributed by atoms with van der Waals surface area (Å²) in [6, 6.07) is 7.17. The van der Waals surface area contributed by atoms with Gasteiger partial charge >= 0.3 is 12.2 Å². The van der Waals surface area contributed by atoms with Gasteiger partial charge in [0.1, 0.15) is 0 Å². The van der Waals surface area contributed by atoms with Crippen molar-refractivity contribution in [2.24, 2.45) is 0 Å². The SMILES string of the molecule is N#Cc1ccc(N2CCNCC2)c(Oc2nccc(C(F)(F)F)n2)c1. The van der Waals surface area contributed by atoms with Gasteiger partial charge in [-0.25, -0.2) is 4.98 Å². The summed E-state index contributed by atoms with van der Waals surface area (Å²) < 4.78 is 43.9. The van der Waals surface area contributed by atoms with Gasteiger partial charge in [0.05, 0.1) is 17.3 Å². The fraction of sp³-hybridized carbons (Fsp3) is 0.312. The Kier molecular flexibility index (Phi) is 4.72. The second-order valence-electron chi connectivity index (χ2n) is 5.36. The van der Waals surface area contributed by atoms with Crippen LogP contribution in [0.3, 0.4) is 0 Å². The maximum Gasteiger partial charge on any atom is 0.433 e. The van der Waals surface area contributed by atoms with Crippen LogP contribution in [0.25, 0.3) is 0 Å². The molecule has 2 aromatic rings. The lowest BCUT2D eigenvalue weighted by atomic mass is 10.1. The maximum atomic E-state index is 12.8. The third-order valence-corrected chi connectivity index (χ3v) is 3.67. The highest BCUT2D eigenvalue weighted by molar-refractivity contribution is 5.62. The summed E-state index contributed by atoms with van der Waals surface area (Å²) in [7, 11) is 0. The molecule has 6 nitrogen and oxygen atoms in total. The van der Waals surface area contributed by atoms with Crippen molar-refractivity contribution in [2.75, 3.05) is 31.1 Å². The van der Waals surface area contributed by atoms with Crippen molar-refractivity contribution in [1.82, 2.24) is 15.3 Å². The predicted octanol–water partition coefficient (Wildman–Crippen LogP) is 2.57. The molecule has 0 amide bonds. The first-order chi connectivity index (χ1) is 12.0. The van der Waals surface area contributed by atoms with Crippen molar-refractivity contribution >= 4 is 5.69 Å². The van der Waals surface area contributed by atoms with Crippen molar-refractivity contribution in [1.29, 1.82) is 5.26 Å². The Morgan fingerprint density at radius 3 is 2.64 bits per heavy atom. The topological polar surface area (TPSA) is 74.1 Å². The van der Waals surface area contributed by atoms with Crippen LogP contribution >= 0.6 is 0 Å². The van der Waals surface area contributed by atoms with Gasteiger partial charge in [-0.2, -0.15) is 23.4 Å². The van der Waals surface area contributed by atoms with Crippen LogP contribution in [0.2, 0.25) is 0 Å². The molecule has 0 spiro atoms. The molecule has 130 valence electrons. The lowest BCUT2D eigenvalue weighted by molar-refractivity contribution is -0.141. The zero-order chi connectivity index (χ0) is 17.9. The van der Waals surface area contributed by atoms with E-state index >= 15 is 0 Å². The number of piperazine rings is 1. The van der Waals surface area contributed by atoms with E-state index in [2.05, 4.69) is 15.3 Å². The number of benzene rings is 1. The van der Waals surface area contributed by atoms with Crippen LogP contribution in [0.5, 0.6) is 11.8 Å². The Balaban J connectivity index is 1.94. The minimum absolute atomic E-state index is 0.250. The van der Waals surface area contributed by atoms with Gasteiger partial charge in [0.15, 0.2) is 11.4 Å². The molecule has 3 rings (SSSR count). The molecular formula is C16H14F3N5O. The summed E-state index contributed by atoms with van der Waals surface area (Å²) in [5.74, 6) is 0.250. The number of hydrogen-bond acceptors (Lipinski definition) is 6. The van der Waals surface area contributed by atoms with E-state index in [4.69, 9.17) is 10.00 Å². The van der Waals surface area contributed by atoms with Gasteiger partial charge in [0.25, 0.3) is 0 Å². The molecule has 1 aromatic heterocycles. The summed E-state index contributed by atoms with van der Waals surface area (Å²) in [6.45, 7) is 2.98. The second kappa shape index (κ2) is 6.94. The van der Waals surface area contributed by atoms with E-state index in [1.165, 1.54) is 6.07 Å². The number of hydrogen-bond donors (Lipinski definition) is 1. The number of nitrogens with zero attached hydrogens (tertiary/aromatic N) is 4. The highest BCUT2D eigenvalue weighted by atomic mass is 19.4. The number of halogens is 3. The Morgan fingerprint density at radius 1 is 1.20 bits per heavy atom. The van der Waals surface area contributed by atoms with Gasteiger partial charge in [0.2, 0.25) is 0 Å². The number of ether oxygens (including phenoxy) is 1. The molecule has 1 aliphatic rings. The Morgan fingerprint density at radius 2 is 1.96 bits per heavy atom. The monoisotopic (exact) mass is 349 g/mol. The van der Waals surface area contributed by atoms with Crippen molar-refractivity contribution in [3.05, 3.63) is 41.7 Å². The highest BCUT2D eigenvalue weighted by Crippen LogP contribution is 2.34. The molecule has 25 heavy (non-hydrogen) atoms. The second-order valence-corrected chi connectivity index (χ2v) is 5.36. The van der Waals surface area contributed by atoms with Crippen molar-refractivity contribution < 1.29 is 17.9 Å². The molecule has 0 bridgehead atoms. The van der Waals surface area contributed by atoms with Crippen LogP contribution in [0.4, 0.5) is 18.9 Å². The number of rotatable bonds is 3. The van der Waals surface area contributed by atoms with Gasteiger partial charge in [-0.3, -0.25) is 0 Å². The van der Waals surface area contributed by atoms with Crippen LogP contribution in [0, 0.1) is 11.3 Å².